The standard InChI is InChI=1S/C9H16N2O4/c12-5-7(11-9(14)15)4-6-2-1-3-10-8(6)13/h6-7,11-12H,1-5H2,(H,10,13)(H,14,15)/t6-,7?/m0/s1. The molecule has 2 atom stereocenters. The van der Waals surface area contributed by atoms with Crippen molar-refractivity contribution in [2.75, 3.05) is 13.2 Å². The van der Waals surface area contributed by atoms with E-state index in [2.05, 4.69) is 10.6 Å². The number of carboxylic acid groups (broad SMARTS) is 1. The molecule has 1 aliphatic heterocycles. The molecule has 0 bridgehead atoms. The van der Waals surface area contributed by atoms with Gasteiger partial charge >= 0.3 is 6.09 Å². The van der Waals surface area contributed by atoms with Gasteiger partial charge in [-0.1, -0.05) is 0 Å². The van der Waals surface area contributed by atoms with E-state index in [1.807, 2.05) is 0 Å². The van der Waals surface area contributed by atoms with Crippen LogP contribution < -0.4 is 10.6 Å². The fourth-order valence-corrected chi connectivity index (χ4v) is 1.76. The van der Waals surface area contributed by atoms with Gasteiger partial charge in [0.1, 0.15) is 0 Å². The predicted molar refractivity (Wildman–Crippen MR) is 52.4 cm³/mol. The Hall–Kier alpha value is -1.30. The first-order chi connectivity index (χ1) is 7.13. The van der Waals surface area contributed by atoms with Crippen LogP contribution in [0, 0.1) is 5.92 Å². The number of carbonyl (C=O) groups excluding carboxylic acids is 1. The summed E-state index contributed by atoms with van der Waals surface area (Å²) in [7, 11) is 0. The summed E-state index contributed by atoms with van der Waals surface area (Å²) < 4.78 is 0. The Morgan fingerprint density at radius 3 is 2.93 bits per heavy atom. The van der Waals surface area contributed by atoms with Crippen molar-refractivity contribution < 1.29 is 19.8 Å². The second kappa shape index (κ2) is 5.55. The summed E-state index contributed by atoms with van der Waals surface area (Å²) in [5.41, 5.74) is 0. The van der Waals surface area contributed by atoms with E-state index < -0.39 is 12.1 Å². The number of hydrogen-bond donors (Lipinski definition) is 4. The van der Waals surface area contributed by atoms with Crippen LogP contribution in [0.4, 0.5) is 4.79 Å². The van der Waals surface area contributed by atoms with Crippen LogP contribution in [0.25, 0.3) is 0 Å². The number of aliphatic hydroxyl groups excluding tert-OH is 1. The lowest BCUT2D eigenvalue weighted by Gasteiger charge is -2.25. The minimum atomic E-state index is -1.18. The molecule has 6 heteroatoms. The molecule has 0 saturated carbocycles. The van der Waals surface area contributed by atoms with E-state index in [1.54, 1.807) is 0 Å². The zero-order valence-corrected chi connectivity index (χ0v) is 8.40. The second-order valence-corrected chi connectivity index (χ2v) is 3.69. The van der Waals surface area contributed by atoms with Gasteiger partial charge in [-0.2, -0.15) is 0 Å². The first kappa shape index (κ1) is 11.8. The third-order valence-corrected chi connectivity index (χ3v) is 2.52. The highest BCUT2D eigenvalue weighted by atomic mass is 16.4. The Bertz CT molecular complexity index is 244. The van der Waals surface area contributed by atoms with Crippen molar-refractivity contribution in [3.8, 4) is 0 Å². The molecule has 15 heavy (non-hydrogen) atoms. The third kappa shape index (κ3) is 3.75. The Morgan fingerprint density at radius 2 is 2.40 bits per heavy atom. The molecule has 2 amide bonds. The summed E-state index contributed by atoms with van der Waals surface area (Å²) >= 11 is 0. The molecule has 6 nitrogen and oxygen atoms in total. The van der Waals surface area contributed by atoms with Crippen LogP contribution in [0.2, 0.25) is 0 Å². The number of hydrogen-bond acceptors (Lipinski definition) is 3. The van der Waals surface area contributed by atoms with E-state index in [0.717, 1.165) is 12.8 Å². The SMILES string of the molecule is O=C(O)NC(CO)C[C@@H]1CCCNC1=O. The molecule has 86 valence electrons. The molecule has 4 N–H and O–H groups in total. The Labute approximate surface area is 87.7 Å². The zero-order chi connectivity index (χ0) is 11.3. The maximum Gasteiger partial charge on any atom is 0.404 e. The smallest absolute Gasteiger partial charge is 0.404 e. The average Bonchev–Trinajstić information content (AvgIpc) is 2.19. The maximum absolute atomic E-state index is 11.4. The van der Waals surface area contributed by atoms with Crippen LogP contribution in [0.1, 0.15) is 19.3 Å². The minimum absolute atomic E-state index is 0.0492. The Morgan fingerprint density at radius 1 is 1.67 bits per heavy atom. The van der Waals surface area contributed by atoms with Gasteiger partial charge in [-0.3, -0.25) is 4.79 Å². The lowest BCUT2D eigenvalue weighted by atomic mass is 9.92. The highest BCUT2D eigenvalue weighted by Crippen LogP contribution is 2.17. The summed E-state index contributed by atoms with van der Waals surface area (Å²) in [6.45, 7) is 0.404. The van der Waals surface area contributed by atoms with Gasteiger partial charge in [0, 0.05) is 12.5 Å². The number of piperidine rings is 1. The van der Waals surface area contributed by atoms with Crippen LogP contribution in [0.3, 0.4) is 0 Å². The number of amides is 2. The van der Waals surface area contributed by atoms with Crippen LogP contribution in [0.15, 0.2) is 0 Å². The quantitative estimate of drug-likeness (QED) is 0.510. The highest BCUT2D eigenvalue weighted by Gasteiger charge is 2.25. The van der Waals surface area contributed by atoms with Crippen LogP contribution >= 0.6 is 0 Å². The van der Waals surface area contributed by atoms with Gasteiger partial charge < -0.3 is 20.8 Å². The van der Waals surface area contributed by atoms with E-state index >= 15 is 0 Å². The molecule has 1 heterocycles. The topological polar surface area (TPSA) is 98.7 Å². The first-order valence-electron chi connectivity index (χ1n) is 5.01. The fourth-order valence-electron chi connectivity index (χ4n) is 1.76. The van der Waals surface area contributed by atoms with Gasteiger partial charge in [0.2, 0.25) is 5.91 Å². The molecule has 1 fully saturated rings. The maximum atomic E-state index is 11.4. The van der Waals surface area contributed by atoms with Crippen LogP contribution in [-0.4, -0.2) is 41.4 Å². The van der Waals surface area contributed by atoms with E-state index in [0.29, 0.717) is 13.0 Å². The molecular formula is C9H16N2O4. The van der Waals surface area contributed by atoms with Crippen molar-refractivity contribution in [1.29, 1.82) is 0 Å². The fraction of sp³-hybridized carbons (Fsp3) is 0.778. The molecule has 0 spiro atoms. The zero-order valence-electron chi connectivity index (χ0n) is 8.40. The summed E-state index contributed by atoms with van der Waals surface area (Å²) in [6, 6.07) is -0.559. The highest BCUT2D eigenvalue weighted by molar-refractivity contribution is 5.79. The van der Waals surface area contributed by atoms with Crippen molar-refractivity contribution in [2.45, 2.75) is 25.3 Å². The number of rotatable bonds is 4. The van der Waals surface area contributed by atoms with Gasteiger partial charge in [-0.15, -0.1) is 0 Å². The summed E-state index contributed by atoms with van der Waals surface area (Å²) in [5.74, 6) is -0.241. The summed E-state index contributed by atoms with van der Waals surface area (Å²) in [6.07, 6.45) is 0.838. The summed E-state index contributed by atoms with van der Waals surface area (Å²) in [4.78, 5) is 21.7. The lowest BCUT2D eigenvalue weighted by Crippen LogP contribution is -2.43. The van der Waals surface area contributed by atoms with Crippen molar-refractivity contribution in [3.63, 3.8) is 0 Å². The van der Waals surface area contributed by atoms with Crippen LogP contribution in [0.5, 0.6) is 0 Å². The number of nitrogens with one attached hydrogen (secondary N) is 2. The third-order valence-electron chi connectivity index (χ3n) is 2.52. The molecular weight excluding hydrogens is 200 g/mol. The van der Waals surface area contributed by atoms with Gasteiger partial charge in [0.05, 0.1) is 12.6 Å². The molecule has 0 radical (unpaired) electrons. The Balaban J connectivity index is 2.42. The largest absolute Gasteiger partial charge is 0.465 e. The molecule has 1 rings (SSSR count). The molecule has 1 saturated heterocycles. The molecule has 1 unspecified atom stereocenters. The summed E-state index contributed by atoms with van der Waals surface area (Å²) in [5, 5.41) is 22.3. The lowest BCUT2D eigenvalue weighted by molar-refractivity contribution is -0.127. The van der Waals surface area contributed by atoms with Gasteiger partial charge in [-0.25, -0.2) is 4.79 Å². The molecule has 1 aliphatic rings. The van der Waals surface area contributed by atoms with Crippen molar-refractivity contribution in [1.82, 2.24) is 10.6 Å². The Kier molecular flexibility index (Phi) is 4.36. The molecule has 0 aromatic heterocycles. The minimum Gasteiger partial charge on any atom is -0.465 e. The predicted octanol–water partition coefficient (Wildman–Crippen LogP) is -0.469. The normalized spacial score (nSPS) is 23.0. The monoisotopic (exact) mass is 216 g/mol. The van der Waals surface area contributed by atoms with Crippen molar-refractivity contribution >= 4 is 12.0 Å². The molecule has 0 aromatic rings. The molecule has 0 aromatic carbocycles. The number of carbonyl (C=O) groups is 2. The van der Waals surface area contributed by atoms with Gasteiger partial charge in [-0.05, 0) is 19.3 Å². The van der Waals surface area contributed by atoms with Crippen LogP contribution in [-0.2, 0) is 4.79 Å². The van der Waals surface area contributed by atoms with Gasteiger partial charge in [0.25, 0.3) is 0 Å². The van der Waals surface area contributed by atoms with Crippen molar-refractivity contribution in [3.05, 3.63) is 0 Å². The molecule has 0 aliphatic carbocycles. The first-order valence-corrected chi connectivity index (χ1v) is 5.01. The van der Waals surface area contributed by atoms with Gasteiger partial charge in [0.15, 0.2) is 0 Å². The second-order valence-electron chi connectivity index (χ2n) is 3.69. The van der Waals surface area contributed by atoms with E-state index in [4.69, 9.17) is 10.2 Å². The van der Waals surface area contributed by atoms with E-state index in [1.165, 1.54) is 0 Å². The van der Waals surface area contributed by atoms with Crippen molar-refractivity contribution in [2.24, 2.45) is 5.92 Å². The van der Waals surface area contributed by atoms with E-state index in [-0.39, 0.29) is 18.4 Å². The average molecular weight is 216 g/mol. The number of aliphatic hydroxyl groups is 1. The van der Waals surface area contributed by atoms with E-state index in [9.17, 15) is 9.59 Å².